The first kappa shape index (κ1) is 29.9. The summed E-state index contributed by atoms with van der Waals surface area (Å²) < 4.78 is 39.2. The maximum Gasteiger partial charge on any atom is 0.416 e. The van der Waals surface area contributed by atoms with Gasteiger partial charge < -0.3 is 20.9 Å². The van der Waals surface area contributed by atoms with Gasteiger partial charge in [-0.1, -0.05) is 42.8 Å². The van der Waals surface area contributed by atoms with Crippen LogP contribution >= 0.6 is 11.6 Å². The topological polar surface area (TPSA) is 102 Å². The van der Waals surface area contributed by atoms with E-state index < -0.39 is 17.6 Å². The third-order valence-electron chi connectivity index (χ3n) is 7.11. The van der Waals surface area contributed by atoms with Crippen LogP contribution in [0, 0.1) is 11.3 Å². The number of nitrogens with zero attached hydrogens (tertiary/aromatic N) is 3. The maximum atomic E-state index is 13.3. The van der Waals surface area contributed by atoms with Gasteiger partial charge in [-0.3, -0.25) is 9.59 Å². The molecule has 41 heavy (non-hydrogen) atoms. The summed E-state index contributed by atoms with van der Waals surface area (Å²) in [6.45, 7) is 3.45. The second kappa shape index (κ2) is 12.6. The highest BCUT2D eigenvalue weighted by Gasteiger charge is 2.34. The van der Waals surface area contributed by atoms with Crippen molar-refractivity contribution in [1.29, 1.82) is 5.26 Å². The smallest absolute Gasteiger partial charge is 0.364 e. The van der Waals surface area contributed by atoms with Crippen molar-refractivity contribution < 1.29 is 22.8 Å². The van der Waals surface area contributed by atoms with Crippen LogP contribution in [0.15, 0.2) is 60.7 Å². The third-order valence-corrected chi connectivity index (χ3v) is 7.42. The Morgan fingerprint density at radius 3 is 2.51 bits per heavy atom. The van der Waals surface area contributed by atoms with Crippen LogP contribution in [0.5, 0.6) is 0 Å². The van der Waals surface area contributed by atoms with Gasteiger partial charge in [0.1, 0.15) is 0 Å². The zero-order chi connectivity index (χ0) is 29.7. The van der Waals surface area contributed by atoms with Crippen LogP contribution in [-0.2, 0) is 6.18 Å². The number of anilines is 1. The number of carbonyl (C=O) groups is 2. The Morgan fingerprint density at radius 2 is 1.85 bits per heavy atom. The molecule has 1 saturated heterocycles. The van der Waals surface area contributed by atoms with Crippen molar-refractivity contribution in [2.24, 2.45) is 5.73 Å². The first-order valence-corrected chi connectivity index (χ1v) is 13.5. The largest absolute Gasteiger partial charge is 0.416 e. The Hall–Kier alpha value is -4.07. The Kier molecular flexibility index (Phi) is 9.21. The minimum atomic E-state index is -4.56. The number of hydrogen-bond acceptors (Lipinski definition) is 5. The molecule has 4 rings (SSSR count). The van der Waals surface area contributed by atoms with Gasteiger partial charge in [-0.05, 0) is 53.9 Å². The average Bonchev–Trinajstić information content (AvgIpc) is 2.98. The van der Waals surface area contributed by atoms with Gasteiger partial charge in [-0.15, -0.1) is 0 Å². The highest BCUT2D eigenvalue weighted by molar-refractivity contribution is 6.33. The van der Waals surface area contributed by atoms with Crippen molar-refractivity contribution in [1.82, 2.24) is 10.2 Å². The van der Waals surface area contributed by atoms with Gasteiger partial charge in [-0.2, -0.15) is 18.4 Å². The molecule has 1 aliphatic rings. The molecule has 0 aromatic heterocycles. The number of halogens is 4. The van der Waals surface area contributed by atoms with Gasteiger partial charge >= 0.3 is 6.18 Å². The van der Waals surface area contributed by atoms with E-state index in [1.165, 1.54) is 0 Å². The van der Waals surface area contributed by atoms with Crippen molar-refractivity contribution in [3.8, 4) is 17.2 Å². The molecule has 11 heteroatoms. The Morgan fingerprint density at radius 1 is 1.10 bits per heavy atom. The van der Waals surface area contributed by atoms with E-state index in [4.69, 9.17) is 17.3 Å². The summed E-state index contributed by atoms with van der Waals surface area (Å²) in [7, 11) is 0. The monoisotopic (exact) mass is 583 g/mol. The highest BCUT2D eigenvalue weighted by Crippen LogP contribution is 2.34. The molecule has 7 nitrogen and oxygen atoms in total. The molecule has 1 heterocycles. The van der Waals surface area contributed by atoms with E-state index in [2.05, 4.69) is 16.3 Å². The summed E-state index contributed by atoms with van der Waals surface area (Å²) in [4.78, 5) is 30.2. The van der Waals surface area contributed by atoms with Crippen LogP contribution in [0.2, 0.25) is 5.02 Å². The van der Waals surface area contributed by atoms with Crippen LogP contribution in [0.1, 0.15) is 45.2 Å². The fraction of sp³-hybridized carbons (Fsp3) is 0.300. The minimum absolute atomic E-state index is 0.00494. The van der Waals surface area contributed by atoms with E-state index in [1.807, 2.05) is 31.2 Å². The summed E-state index contributed by atoms with van der Waals surface area (Å²) in [5.74, 6) is -0.766. The third kappa shape index (κ3) is 6.47. The van der Waals surface area contributed by atoms with Crippen LogP contribution in [0.3, 0.4) is 0 Å². The molecule has 3 aromatic rings. The molecule has 3 aromatic carbocycles. The number of benzene rings is 3. The molecule has 1 fully saturated rings. The molecule has 0 radical (unpaired) electrons. The number of carbonyl (C=O) groups excluding carboxylic acids is 2. The second-order valence-electron chi connectivity index (χ2n) is 9.63. The van der Waals surface area contributed by atoms with E-state index in [0.29, 0.717) is 40.9 Å². The normalized spacial score (nSPS) is 15.4. The summed E-state index contributed by atoms with van der Waals surface area (Å²) in [6, 6.07) is 17.3. The van der Waals surface area contributed by atoms with Crippen LogP contribution in [0.25, 0.3) is 11.1 Å². The second-order valence-corrected chi connectivity index (χ2v) is 10.0. The van der Waals surface area contributed by atoms with Gasteiger partial charge in [0.15, 0.2) is 0 Å². The predicted octanol–water partition coefficient (Wildman–Crippen LogP) is 5.33. The molecular weight excluding hydrogens is 555 g/mol. The van der Waals surface area contributed by atoms with Gasteiger partial charge in [0.2, 0.25) is 0 Å². The molecule has 1 atom stereocenters. The summed E-state index contributed by atoms with van der Waals surface area (Å²) in [5, 5.41) is 12.1. The summed E-state index contributed by atoms with van der Waals surface area (Å²) in [6.07, 6.45) is -3.93. The SMILES string of the molecule is CC[C@@H]1CN(C(=O)c2ccc(C(F)(F)F)cc2Cl)CCN1c1ccc(-c2ccccc2C#N)cc1C(=O)NCCN. The van der Waals surface area contributed by atoms with Crippen LogP contribution in [0.4, 0.5) is 18.9 Å². The van der Waals surface area contributed by atoms with Gasteiger partial charge in [0.05, 0.1) is 33.3 Å². The average molecular weight is 584 g/mol. The standard InChI is InChI=1S/C30H29ClF3N5O2/c1-2-22-18-38(29(41)24-9-8-21(16-26(24)31)30(32,33)34)13-14-39(22)27-10-7-19(15-25(27)28(40)37-12-11-35)23-6-4-3-5-20(23)17-36/h3-10,15-16,22H,2,11-14,18,35H2,1H3,(H,37,40)/t22-/m1/s1. The van der Waals surface area contributed by atoms with Crippen LogP contribution in [-0.4, -0.2) is 55.5 Å². The number of nitrogens with one attached hydrogen (secondary N) is 1. The molecule has 3 N–H and O–H groups in total. The molecule has 1 aliphatic heterocycles. The van der Waals surface area contributed by atoms with Crippen molar-refractivity contribution in [2.75, 3.05) is 37.6 Å². The van der Waals surface area contributed by atoms with Crippen LogP contribution < -0.4 is 16.0 Å². The molecule has 0 bridgehead atoms. The van der Waals surface area contributed by atoms with E-state index in [9.17, 15) is 28.0 Å². The number of nitrogens with two attached hydrogens (primary N) is 1. The van der Waals surface area contributed by atoms with E-state index >= 15 is 0 Å². The lowest BCUT2D eigenvalue weighted by molar-refractivity contribution is -0.137. The first-order chi connectivity index (χ1) is 19.6. The van der Waals surface area contributed by atoms with Crippen molar-refractivity contribution in [3.63, 3.8) is 0 Å². The van der Waals surface area contributed by atoms with Gasteiger partial charge in [0, 0.05) is 44.5 Å². The quantitative estimate of drug-likeness (QED) is 0.392. The zero-order valence-corrected chi connectivity index (χ0v) is 23.1. The summed E-state index contributed by atoms with van der Waals surface area (Å²) in [5.41, 5.74) is 7.66. The first-order valence-electron chi connectivity index (χ1n) is 13.1. The van der Waals surface area contributed by atoms with Crippen molar-refractivity contribution in [3.05, 3.63) is 87.9 Å². The molecule has 2 amide bonds. The van der Waals surface area contributed by atoms with E-state index in [1.54, 1.807) is 23.1 Å². The summed E-state index contributed by atoms with van der Waals surface area (Å²) >= 11 is 6.10. The lowest BCUT2D eigenvalue weighted by atomic mass is 9.96. The number of alkyl halides is 3. The molecular formula is C30H29ClF3N5O2. The number of hydrogen-bond donors (Lipinski definition) is 2. The minimum Gasteiger partial charge on any atom is -0.364 e. The Balaban J connectivity index is 1.64. The number of rotatable bonds is 7. The Bertz CT molecular complexity index is 1490. The fourth-order valence-electron chi connectivity index (χ4n) is 4.99. The lowest BCUT2D eigenvalue weighted by Crippen LogP contribution is -2.55. The van der Waals surface area contributed by atoms with E-state index in [-0.39, 0.29) is 48.7 Å². The van der Waals surface area contributed by atoms with Gasteiger partial charge in [-0.25, -0.2) is 0 Å². The predicted molar refractivity (Wildman–Crippen MR) is 152 cm³/mol. The molecule has 0 saturated carbocycles. The fourth-order valence-corrected chi connectivity index (χ4v) is 5.25. The van der Waals surface area contributed by atoms with Gasteiger partial charge in [0.25, 0.3) is 11.8 Å². The number of amides is 2. The lowest BCUT2D eigenvalue weighted by Gasteiger charge is -2.43. The molecule has 0 aliphatic carbocycles. The number of nitriles is 1. The Labute approximate surface area is 241 Å². The molecule has 0 unspecified atom stereocenters. The number of piperazine rings is 1. The molecule has 214 valence electrons. The van der Waals surface area contributed by atoms with E-state index in [0.717, 1.165) is 18.2 Å². The van der Waals surface area contributed by atoms with Crippen molar-refractivity contribution >= 4 is 29.1 Å². The van der Waals surface area contributed by atoms with Crippen molar-refractivity contribution in [2.45, 2.75) is 25.6 Å². The molecule has 0 spiro atoms. The zero-order valence-electron chi connectivity index (χ0n) is 22.3. The maximum absolute atomic E-state index is 13.3. The highest BCUT2D eigenvalue weighted by atomic mass is 35.5.